The van der Waals surface area contributed by atoms with Crippen LogP contribution in [0.4, 0.5) is 0 Å². The summed E-state index contributed by atoms with van der Waals surface area (Å²) >= 11 is 0. The second-order valence-corrected chi connectivity index (χ2v) is 7.29. The largest absolute Gasteiger partial charge is 0.313 e. The topological polar surface area (TPSA) is 18.5 Å². The second-order valence-electron chi connectivity index (χ2n) is 7.29. The zero-order valence-electron chi connectivity index (χ0n) is 12.7. The minimum atomic E-state index is 0.410. The van der Waals surface area contributed by atoms with E-state index in [1.165, 1.54) is 51.9 Å². The van der Waals surface area contributed by atoms with E-state index in [1.807, 2.05) is 0 Å². The molecule has 1 saturated carbocycles. The summed E-state index contributed by atoms with van der Waals surface area (Å²) in [4.78, 5) is 5.05. The van der Waals surface area contributed by atoms with E-state index in [9.17, 15) is 0 Å². The van der Waals surface area contributed by atoms with E-state index in [0.29, 0.717) is 5.41 Å². The lowest BCUT2D eigenvalue weighted by molar-refractivity contribution is 0.107. The van der Waals surface area contributed by atoms with Crippen LogP contribution in [0.1, 0.15) is 39.5 Å². The molecule has 0 aromatic rings. The van der Waals surface area contributed by atoms with Gasteiger partial charge in [0.1, 0.15) is 0 Å². The molecule has 0 atom stereocenters. The molecule has 2 rings (SSSR count). The van der Waals surface area contributed by atoms with Crippen molar-refractivity contribution in [3.8, 4) is 0 Å². The molecule has 0 bridgehead atoms. The summed E-state index contributed by atoms with van der Waals surface area (Å²) in [5, 5.41) is 3.68. The van der Waals surface area contributed by atoms with Crippen molar-refractivity contribution in [1.29, 1.82) is 0 Å². The monoisotopic (exact) mass is 253 g/mol. The third-order valence-corrected chi connectivity index (χ3v) is 4.39. The zero-order chi connectivity index (χ0) is 13.2. The summed E-state index contributed by atoms with van der Waals surface area (Å²) in [6.07, 6.45) is 5.45. The molecule has 2 fully saturated rings. The van der Waals surface area contributed by atoms with E-state index in [2.05, 4.69) is 43.1 Å². The molecule has 0 aromatic carbocycles. The number of rotatable bonds is 6. The van der Waals surface area contributed by atoms with Gasteiger partial charge in [-0.25, -0.2) is 0 Å². The van der Waals surface area contributed by atoms with Gasteiger partial charge in [-0.1, -0.05) is 13.8 Å². The van der Waals surface area contributed by atoms with Gasteiger partial charge in [-0.3, -0.25) is 0 Å². The minimum Gasteiger partial charge on any atom is -0.313 e. The van der Waals surface area contributed by atoms with Crippen molar-refractivity contribution in [2.24, 2.45) is 5.41 Å². The molecule has 106 valence electrons. The van der Waals surface area contributed by atoms with E-state index in [-0.39, 0.29) is 0 Å². The SMILES string of the molecule is CN(C)C1CCN(CC(C)(C)CNC2CC2)CC1. The molecule has 0 spiro atoms. The van der Waals surface area contributed by atoms with Gasteiger partial charge in [-0.2, -0.15) is 0 Å². The maximum Gasteiger partial charge on any atom is 0.0113 e. The van der Waals surface area contributed by atoms with Crippen molar-refractivity contribution >= 4 is 0 Å². The number of likely N-dealkylation sites (tertiary alicyclic amines) is 1. The normalized spacial score (nSPS) is 23.8. The highest BCUT2D eigenvalue weighted by atomic mass is 15.2. The van der Waals surface area contributed by atoms with Gasteiger partial charge in [0.2, 0.25) is 0 Å². The quantitative estimate of drug-likeness (QED) is 0.778. The molecule has 0 aromatic heterocycles. The first-order chi connectivity index (χ1) is 8.46. The molecule has 1 heterocycles. The van der Waals surface area contributed by atoms with Gasteiger partial charge in [0.25, 0.3) is 0 Å². The molecule has 18 heavy (non-hydrogen) atoms. The summed E-state index contributed by atoms with van der Waals surface area (Å²) in [7, 11) is 4.42. The Labute approximate surface area is 113 Å². The number of hydrogen-bond acceptors (Lipinski definition) is 3. The van der Waals surface area contributed by atoms with Crippen molar-refractivity contribution in [1.82, 2.24) is 15.1 Å². The lowest BCUT2D eigenvalue weighted by atomic mass is 9.91. The van der Waals surface area contributed by atoms with Crippen LogP contribution in [0, 0.1) is 5.41 Å². The van der Waals surface area contributed by atoms with Crippen molar-refractivity contribution < 1.29 is 0 Å². The first kappa shape index (κ1) is 14.3. The smallest absolute Gasteiger partial charge is 0.0113 e. The van der Waals surface area contributed by atoms with E-state index in [1.54, 1.807) is 0 Å². The van der Waals surface area contributed by atoms with Crippen LogP contribution in [-0.4, -0.2) is 62.2 Å². The number of nitrogens with one attached hydrogen (secondary N) is 1. The van der Waals surface area contributed by atoms with Crippen LogP contribution in [0.15, 0.2) is 0 Å². The Hall–Kier alpha value is -0.120. The molecule has 0 radical (unpaired) electrons. The van der Waals surface area contributed by atoms with Crippen LogP contribution < -0.4 is 5.32 Å². The lowest BCUT2D eigenvalue weighted by Gasteiger charge is -2.39. The number of piperidine rings is 1. The standard InChI is InChI=1S/C15H31N3/c1-15(2,11-16-13-5-6-13)12-18-9-7-14(8-10-18)17(3)4/h13-14,16H,5-12H2,1-4H3. The first-order valence-electron chi connectivity index (χ1n) is 7.58. The van der Waals surface area contributed by atoms with Gasteiger partial charge in [0.05, 0.1) is 0 Å². The van der Waals surface area contributed by atoms with Crippen LogP contribution in [0.5, 0.6) is 0 Å². The van der Waals surface area contributed by atoms with Crippen molar-refractivity contribution in [3.05, 3.63) is 0 Å². The molecule has 1 aliphatic heterocycles. The predicted octanol–water partition coefficient (Wildman–Crippen LogP) is 1.79. The lowest BCUT2D eigenvalue weighted by Crippen LogP contribution is -2.47. The van der Waals surface area contributed by atoms with E-state index >= 15 is 0 Å². The van der Waals surface area contributed by atoms with Crippen molar-refractivity contribution in [2.75, 3.05) is 40.3 Å². The average molecular weight is 253 g/mol. The van der Waals surface area contributed by atoms with Gasteiger partial charge in [-0.05, 0) is 58.3 Å². The Morgan fingerprint density at radius 3 is 2.22 bits per heavy atom. The summed E-state index contributed by atoms with van der Waals surface area (Å²) < 4.78 is 0. The first-order valence-corrected chi connectivity index (χ1v) is 7.58. The molecule has 3 heteroatoms. The molecule has 1 N–H and O–H groups in total. The molecule has 3 nitrogen and oxygen atoms in total. The third kappa shape index (κ3) is 4.52. The summed E-state index contributed by atoms with van der Waals surface area (Å²) in [6.45, 7) is 9.77. The summed E-state index contributed by atoms with van der Waals surface area (Å²) in [5.41, 5.74) is 0.410. The second kappa shape index (κ2) is 5.89. The van der Waals surface area contributed by atoms with E-state index in [0.717, 1.165) is 12.1 Å². The fourth-order valence-corrected chi connectivity index (χ4v) is 2.96. The predicted molar refractivity (Wildman–Crippen MR) is 78.0 cm³/mol. The zero-order valence-corrected chi connectivity index (χ0v) is 12.7. The fourth-order valence-electron chi connectivity index (χ4n) is 2.96. The van der Waals surface area contributed by atoms with Crippen LogP contribution in [-0.2, 0) is 0 Å². The Morgan fingerprint density at radius 2 is 1.72 bits per heavy atom. The third-order valence-electron chi connectivity index (χ3n) is 4.39. The Morgan fingerprint density at radius 1 is 1.11 bits per heavy atom. The molecule has 1 aliphatic carbocycles. The number of nitrogens with zero attached hydrogens (tertiary/aromatic N) is 2. The highest BCUT2D eigenvalue weighted by Crippen LogP contribution is 2.24. The van der Waals surface area contributed by atoms with Crippen LogP contribution >= 0.6 is 0 Å². The highest BCUT2D eigenvalue weighted by Gasteiger charge is 2.28. The highest BCUT2D eigenvalue weighted by molar-refractivity contribution is 4.86. The molecule has 2 aliphatic rings. The maximum absolute atomic E-state index is 3.68. The molecule has 1 saturated heterocycles. The molecule has 0 amide bonds. The van der Waals surface area contributed by atoms with Crippen LogP contribution in [0.2, 0.25) is 0 Å². The molecular formula is C15H31N3. The van der Waals surface area contributed by atoms with Gasteiger partial charge in [-0.15, -0.1) is 0 Å². The van der Waals surface area contributed by atoms with Gasteiger partial charge >= 0.3 is 0 Å². The Bertz CT molecular complexity index is 250. The van der Waals surface area contributed by atoms with Gasteiger partial charge in [0.15, 0.2) is 0 Å². The Kier molecular flexibility index (Phi) is 4.68. The fraction of sp³-hybridized carbons (Fsp3) is 1.00. The van der Waals surface area contributed by atoms with Crippen LogP contribution in [0.3, 0.4) is 0 Å². The maximum atomic E-state index is 3.68. The van der Waals surface area contributed by atoms with E-state index in [4.69, 9.17) is 0 Å². The van der Waals surface area contributed by atoms with Crippen molar-refractivity contribution in [2.45, 2.75) is 51.6 Å². The molecule has 0 unspecified atom stereocenters. The van der Waals surface area contributed by atoms with Crippen LogP contribution in [0.25, 0.3) is 0 Å². The Balaban J connectivity index is 1.68. The average Bonchev–Trinajstić information content (AvgIpc) is 3.10. The molecular weight excluding hydrogens is 222 g/mol. The number of hydrogen-bond donors (Lipinski definition) is 1. The van der Waals surface area contributed by atoms with Gasteiger partial charge in [0, 0.05) is 25.2 Å². The summed E-state index contributed by atoms with van der Waals surface area (Å²) in [6, 6.07) is 1.64. The van der Waals surface area contributed by atoms with Crippen molar-refractivity contribution in [3.63, 3.8) is 0 Å². The minimum absolute atomic E-state index is 0.410. The van der Waals surface area contributed by atoms with Gasteiger partial charge < -0.3 is 15.1 Å². The summed E-state index contributed by atoms with van der Waals surface area (Å²) in [5.74, 6) is 0. The van der Waals surface area contributed by atoms with E-state index < -0.39 is 0 Å².